The molecule has 1 amide bonds. The third-order valence-corrected chi connectivity index (χ3v) is 4.41. The van der Waals surface area contributed by atoms with Gasteiger partial charge in [-0.05, 0) is 54.6 Å². The van der Waals surface area contributed by atoms with E-state index < -0.39 is 11.9 Å². The van der Waals surface area contributed by atoms with Gasteiger partial charge in [-0.3, -0.25) is 4.79 Å². The molecule has 29 heavy (non-hydrogen) atoms. The molecule has 0 saturated heterocycles. The van der Waals surface area contributed by atoms with Crippen LogP contribution in [0.4, 0.5) is 4.39 Å². The lowest BCUT2D eigenvalue weighted by Gasteiger charge is -2.10. The van der Waals surface area contributed by atoms with Gasteiger partial charge in [0, 0.05) is 16.5 Å². The molecule has 4 aromatic rings. The van der Waals surface area contributed by atoms with Gasteiger partial charge in [-0.1, -0.05) is 24.3 Å². The minimum absolute atomic E-state index is 0.204. The predicted octanol–water partition coefficient (Wildman–Crippen LogP) is 4.36. The number of primary amides is 1. The molecule has 4 rings (SSSR count). The Kier molecular flexibility index (Phi) is 4.75. The zero-order valence-corrected chi connectivity index (χ0v) is 15.1. The highest BCUT2D eigenvalue weighted by atomic mass is 19.1. The van der Waals surface area contributed by atoms with Crippen molar-refractivity contribution in [3.63, 3.8) is 0 Å². The first-order valence-corrected chi connectivity index (χ1v) is 8.79. The molecular weight excluding hydrogens is 371 g/mol. The van der Waals surface area contributed by atoms with E-state index in [9.17, 15) is 14.0 Å². The van der Waals surface area contributed by atoms with Crippen molar-refractivity contribution in [1.82, 2.24) is 4.98 Å². The zero-order chi connectivity index (χ0) is 20.4. The Bertz CT molecular complexity index is 1240. The van der Waals surface area contributed by atoms with Crippen LogP contribution in [0.2, 0.25) is 0 Å². The predicted molar refractivity (Wildman–Crippen MR) is 107 cm³/mol. The lowest BCUT2D eigenvalue weighted by atomic mass is 10.0. The van der Waals surface area contributed by atoms with Crippen LogP contribution in [0.3, 0.4) is 0 Å². The second-order valence-electron chi connectivity index (χ2n) is 6.36. The summed E-state index contributed by atoms with van der Waals surface area (Å²) < 4.78 is 18.7. The van der Waals surface area contributed by atoms with E-state index in [1.165, 1.54) is 24.3 Å². The molecule has 0 aliphatic rings. The van der Waals surface area contributed by atoms with Crippen molar-refractivity contribution >= 4 is 22.8 Å². The quantitative estimate of drug-likeness (QED) is 0.417. The van der Waals surface area contributed by atoms with Gasteiger partial charge in [-0.25, -0.2) is 14.2 Å². The van der Waals surface area contributed by atoms with Gasteiger partial charge in [-0.2, -0.15) is 0 Å². The number of fused-ring (bicyclic) bond motifs is 1. The molecule has 0 aliphatic heterocycles. The normalized spacial score (nSPS) is 10.7. The molecule has 0 radical (unpaired) electrons. The fraction of sp³-hybridized carbons (Fsp3) is 0. The van der Waals surface area contributed by atoms with E-state index >= 15 is 0 Å². The number of nitrogens with zero attached hydrogens (tertiary/aromatic N) is 1. The molecule has 0 unspecified atom stereocenters. The molecular formula is C23H15FN2O3. The number of para-hydroxylation sites is 1. The molecule has 6 heteroatoms. The first kappa shape index (κ1) is 18.3. The molecule has 2 N–H and O–H groups in total. The fourth-order valence-electron chi connectivity index (χ4n) is 2.99. The summed E-state index contributed by atoms with van der Waals surface area (Å²) in [6.07, 6.45) is 0. The van der Waals surface area contributed by atoms with Crippen LogP contribution in [-0.4, -0.2) is 16.9 Å². The van der Waals surface area contributed by atoms with Crippen LogP contribution in [0.15, 0.2) is 78.9 Å². The largest absolute Gasteiger partial charge is 0.423 e. The number of aromatic nitrogens is 1. The average molecular weight is 386 g/mol. The molecule has 5 nitrogen and oxygen atoms in total. The summed E-state index contributed by atoms with van der Waals surface area (Å²) in [5.74, 6) is -1.37. The molecule has 0 saturated carbocycles. The number of pyridine rings is 1. The molecule has 1 aromatic heterocycles. The summed E-state index contributed by atoms with van der Waals surface area (Å²) in [6.45, 7) is 0. The number of benzene rings is 3. The SMILES string of the molecule is NC(=O)c1cccc(OC(=O)c2cc(-c3ccc(F)cc3)nc3ccccc23)c1. The van der Waals surface area contributed by atoms with Crippen LogP contribution in [-0.2, 0) is 0 Å². The number of rotatable bonds is 4. The third kappa shape index (κ3) is 3.82. The maximum Gasteiger partial charge on any atom is 0.344 e. The van der Waals surface area contributed by atoms with Crippen molar-refractivity contribution in [2.45, 2.75) is 0 Å². The first-order valence-electron chi connectivity index (χ1n) is 8.79. The summed E-state index contributed by atoms with van der Waals surface area (Å²) in [5.41, 5.74) is 7.61. The van der Waals surface area contributed by atoms with E-state index in [4.69, 9.17) is 10.5 Å². The van der Waals surface area contributed by atoms with Crippen LogP contribution < -0.4 is 10.5 Å². The van der Waals surface area contributed by atoms with Gasteiger partial charge in [0.05, 0.1) is 16.8 Å². The standard InChI is InChI=1S/C23H15FN2O3/c24-16-10-8-14(9-11-16)21-13-19(18-6-1-2-7-20(18)26-21)23(28)29-17-5-3-4-15(12-17)22(25)27/h1-13H,(H2,25,27). The van der Waals surface area contributed by atoms with Crippen LogP contribution in [0.5, 0.6) is 5.75 Å². The molecule has 0 bridgehead atoms. The Labute approximate surface area is 165 Å². The van der Waals surface area contributed by atoms with Crippen molar-refractivity contribution in [2.75, 3.05) is 0 Å². The van der Waals surface area contributed by atoms with Crippen LogP contribution in [0.1, 0.15) is 20.7 Å². The number of hydrogen-bond donors (Lipinski definition) is 1. The van der Waals surface area contributed by atoms with Gasteiger partial charge < -0.3 is 10.5 Å². The first-order chi connectivity index (χ1) is 14.0. The molecule has 3 aromatic carbocycles. The smallest absolute Gasteiger partial charge is 0.344 e. The van der Waals surface area contributed by atoms with Gasteiger partial charge in [0.25, 0.3) is 0 Å². The number of carbonyl (C=O) groups excluding carboxylic acids is 2. The second-order valence-corrected chi connectivity index (χ2v) is 6.36. The minimum atomic E-state index is -0.615. The topological polar surface area (TPSA) is 82.3 Å². The number of carbonyl (C=O) groups is 2. The van der Waals surface area contributed by atoms with Crippen LogP contribution in [0.25, 0.3) is 22.2 Å². The van der Waals surface area contributed by atoms with E-state index in [-0.39, 0.29) is 17.1 Å². The van der Waals surface area contributed by atoms with Gasteiger partial charge in [0.2, 0.25) is 5.91 Å². The van der Waals surface area contributed by atoms with Crippen molar-refractivity contribution in [2.24, 2.45) is 5.73 Å². The van der Waals surface area contributed by atoms with Crippen molar-refractivity contribution in [3.05, 3.63) is 95.8 Å². The Morgan fingerprint density at radius 1 is 0.897 bits per heavy atom. The molecule has 0 spiro atoms. The van der Waals surface area contributed by atoms with E-state index in [0.29, 0.717) is 27.7 Å². The van der Waals surface area contributed by atoms with Gasteiger partial charge >= 0.3 is 5.97 Å². The van der Waals surface area contributed by atoms with E-state index in [1.807, 2.05) is 6.07 Å². The summed E-state index contributed by atoms with van der Waals surface area (Å²) in [7, 11) is 0. The van der Waals surface area contributed by atoms with Crippen LogP contribution in [0, 0.1) is 5.82 Å². The highest BCUT2D eigenvalue weighted by molar-refractivity contribution is 6.05. The average Bonchev–Trinajstić information content (AvgIpc) is 2.73. The zero-order valence-electron chi connectivity index (χ0n) is 15.1. The Morgan fingerprint density at radius 2 is 1.66 bits per heavy atom. The molecule has 0 fully saturated rings. The minimum Gasteiger partial charge on any atom is -0.423 e. The number of hydrogen-bond acceptors (Lipinski definition) is 4. The number of nitrogens with two attached hydrogens (primary N) is 1. The Hall–Kier alpha value is -4.06. The number of halogens is 1. The summed E-state index contributed by atoms with van der Waals surface area (Å²) in [6, 6.07) is 20.7. The van der Waals surface area contributed by atoms with E-state index in [1.54, 1.807) is 48.5 Å². The van der Waals surface area contributed by atoms with Gasteiger partial charge in [-0.15, -0.1) is 0 Å². The van der Waals surface area contributed by atoms with Crippen molar-refractivity contribution in [1.29, 1.82) is 0 Å². The highest BCUT2D eigenvalue weighted by Gasteiger charge is 2.16. The summed E-state index contributed by atoms with van der Waals surface area (Å²) in [5, 5.41) is 0.620. The highest BCUT2D eigenvalue weighted by Crippen LogP contribution is 2.26. The Balaban J connectivity index is 1.77. The lowest BCUT2D eigenvalue weighted by molar-refractivity contribution is 0.0735. The van der Waals surface area contributed by atoms with E-state index in [2.05, 4.69) is 4.98 Å². The number of ether oxygens (including phenoxy) is 1. The van der Waals surface area contributed by atoms with Crippen molar-refractivity contribution in [3.8, 4) is 17.0 Å². The maximum absolute atomic E-state index is 13.3. The Morgan fingerprint density at radius 3 is 2.41 bits per heavy atom. The lowest BCUT2D eigenvalue weighted by Crippen LogP contribution is -2.13. The number of amides is 1. The maximum atomic E-state index is 13.3. The summed E-state index contributed by atoms with van der Waals surface area (Å²) >= 11 is 0. The van der Waals surface area contributed by atoms with Gasteiger partial charge in [0.1, 0.15) is 11.6 Å². The molecule has 1 heterocycles. The molecule has 142 valence electrons. The monoisotopic (exact) mass is 386 g/mol. The van der Waals surface area contributed by atoms with Gasteiger partial charge in [0.15, 0.2) is 0 Å². The van der Waals surface area contributed by atoms with E-state index in [0.717, 1.165) is 0 Å². The summed E-state index contributed by atoms with van der Waals surface area (Å²) in [4.78, 5) is 28.8. The fourth-order valence-corrected chi connectivity index (χ4v) is 2.99. The molecule has 0 aliphatic carbocycles. The number of esters is 1. The molecule has 0 atom stereocenters. The third-order valence-electron chi connectivity index (χ3n) is 4.41. The second kappa shape index (κ2) is 7.52. The van der Waals surface area contributed by atoms with Crippen molar-refractivity contribution < 1.29 is 18.7 Å². The van der Waals surface area contributed by atoms with Crippen LogP contribution >= 0.6 is 0 Å².